The lowest BCUT2D eigenvalue weighted by molar-refractivity contribution is -0.175. The molecule has 0 aromatic heterocycles. The van der Waals surface area contributed by atoms with Crippen LogP contribution < -0.4 is 21.3 Å². The molecule has 13 heteroatoms. The molecule has 4 N–H and O–H groups in total. The Morgan fingerprint density at radius 3 is 2.11 bits per heavy atom. The Morgan fingerprint density at radius 1 is 1.11 bits per heavy atom. The van der Waals surface area contributed by atoms with Crippen LogP contribution in [-0.2, 0) is 19.2 Å². The van der Waals surface area contributed by atoms with E-state index >= 15 is 0 Å². The van der Waals surface area contributed by atoms with Crippen molar-refractivity contribution in [2.75, 3.05) is 0 Å². The number of nitrogens with one attached hydrogen (secondary N) is 4. The summed E-state index contributed by atoms with van der Waals surface area (Å²) in [6.07, 6.45) is -2.67. The number of nitriles is 1. The van der Waals surface area contributed by atoms with Gasteiger partial charge in [-0.15, -0.1) is 0 Å². The van der Waals surface area contributed by atoms with Gasteiger partial charge in [0.2, 0.25) is 17.7 Å². The number of halogens is 3. The van der Waals surface area contributed by atoms with Crippen molar-refractivity contribution in [3.63, 3.8) is 0 Å². The molecule has 9 nitrogen and oxygen atoms in total. The molecule has 1 aliphatic carbocycles. The van der Waals surface area contributed by atoms with Gasteiger partial charge in [-0.05, 0) is 37.1 Å². The van der Waals surface area contributed by atoms with Gasteiger partial charge in [0, 0.05) is 19.5 Å². The standard InChI is InChI=1S/C23H36F3N5O4Si/c1-21(2,3)16(30-20(35)23(24,25)26)19(34)29-15(12-36(4,5)6)18(33)28-14(11-27)9-13-10-22(7-8-22)31-17(13)32/h13-16H,7-10,12H2,1-6H3,(H,28,33)(H,29,34)(H,30,35)(H,31,32). The lowest BCUT2D eigenvalue weighted by Gasteiger charge is -2.33. The van der Waals surface area contributed by atoms with E-state index in [9.17, 15) is 37.6 Å². The molecule has 202 valence electrons. The smallest absolute Gasteiger partial charge is 0.350 e. The summed E-state index contributed by atoms with van der Waals surface area (Å²) in [6, 6.07) is -1.42. The average Bonchev–Trinajstić information content (AvgIpc) is 3.37. The van der Waals surface area contributed by atoms with Gasteiger partial charge in [0.1, 0.15) is 18.1 Å². The van der Waals surface area contributed by atoms with Crippen molar-refractivity contribution < 1.29 is 32.3 Å². The second-order valence-electron chi connectivity index (χ2n) is 12.2. The van der Waals surface area contributed by atoms with Crippen molar-refractivity contribution in [1.29, 1.82) is 5.26 Å². The number of hydrogen-bond acceptors (Lipinski definition) is 5. The highest BCUT2D eigenvalue weighted by atomic mass is 28.3. The average molecular weight is 532 g/mol. The number of nitrogens with zero attached hydrogens (tertiary/aromatic N) is 1. The maximum absolute atomic E-state index is 13.2. The summed E-state index contributed by atoms with van der Waals surface area (Å²) >= 11 is 0. The fourth-order valence-electron chi connectivity index (χ4n) is 4.31. The molecule has 2 fully saturated rings. The highest BCUT2D eigenvalue weighted by molar-refractivity contribution is 6.76. The molecule has 2 aliphatic rings. The summed E-state index contributed by atoms with van der Waals surface area (Å²) in [6.45, 7) is 10.3. The van der Waals surface area contributed by atoms with E-state index < -0.39 is 61.4 Å². The Morgan fingerprint density at radius 2 is 1.69 bits per heavy atom. The Hall–Kier alpha value is -2.62. The van der Waals surface area contributed by atoms with E-state index in [1.54, 1.807) is 5.32 Å². The van der Waals surface area contributed by atoms with Gasteiger partial charge in [-0.3, -0.25) is 19.2 Å². The monoisotopic (exact) mass is 531 g/mol. The summed E-state index contributed by atoms with van der Waals surface area (Å²) in [5, 5.41) is 19.4. The fourth-order valence-corrected chi connectivity index (χ4v) is 5.83. The Balaban J connectivity index is 2.14. The normalized spacial score (nSPS) is 21.6. The van der Waals surface area contributed by atoms with E-state index in [2.05, 4.69) is 16.0 Å². The molecule has 1 saturated heterocycles. The van der Waals surface area contributed by atoms with Gasteiger partial charge < -0.3 is 21.3 Å². The molecule has 36 heavy (non-hydrogen) atoms. The first-order chi connectivity index (χ1) is 16.3. The number of rotatable bonds is 9. The largest absolute Gasteiger partial charge is 0.471 e. The molecule has 0 radical (unpaired) electrons. The van der Waals surface area contributed by atoms with Crippen molar-refractivity contribution in [3.05, 3.63) is 0 Å². The predicted octanol–water partition coefficient (Wildman–Crippen LogP) is 1.97. The van der Waals surface area contributed by atoms with E-state index in [1.807, 2.05) is 25.7 Å². The van der Waals surface area contributed by atoms with Crippen LogP contribution in [0.15, 0.2) is 0 Å². The molecule has 0 aromatic carbocycles. The third-order valence-electron chi connectivity index (χ3n) is 6.35. The van der Waals surface area contributed by atoms with Crippen molar-refractivity contribution in [2.45, 2.75) is 102 Å². The number of carbonyl (C=O) groups is 4. The van der Waals surface area contributed by atoms with Crippen LogP contribution in [0, 0.1) is 22.7 Å². The predicted molar refractivity (Wildman–Crippen MR) is 128 cm³/mol. The van der Waals surface area contributed by atoms with Crippen LogP contribution >= 0.6 is 0 Å². The minimum Gasteiger partial charge on any atom is -0.350 e. The number of alkyl halides is 3. The topological polar surface area (TPSA) is 140 Å². The number of hydrogen-bond donors (Lipinski definition) is 4. The molecule has 4 atom stereocenters. The third kappa shape index (κ3) is 8.21. The second-order valence-corrected chi connectivity index (χ2v) is 17.7. The maximum atomic E-state index is 13.2. The zero-order valence-corrected chi connectivity index (χ0v) is 22.6. The first-order valence-corrected chi connectivity index (χ1v) is 15.7. The first kappa shape index (κ1) is 29.6. The molecule has 0 aromatic rings. The summed E-state index contributed by atoms with van der Waals surface area (Å²) < 4.78 is 38.5. The molecular weight excluding hydrogens is 495 g/mol. The van der Waals surface area contributed by atoms with Crippen LogP contribution in [0.3, 0.4) is 0 Å². The van der Waals surface area contributed by atoms with Crippen LogP contribution in [-0.4, -0.2) is 61.5 Å². The van der Waals surface area contributed by atoms with Crippen molar-refractivity contribution in [1.82, 2.24) is 21.3 Å². The highest BCUT2D eigenvalue weighted by Gasteiger charge is 2.52. The Kier molecular flexibility index (Phi) is 8.55. The molecule has 1 heterocycles. The quantitative estimate of drug-likeness (QED) is 0.337. The van der Waals surface area contributed by atoms with Gasteiger partial charge in [-0.2, -0.15) is 18.4 Å². The fraction of sp³-hybridized carbons (Fsp3) is 0.783. The molecule has 1 saturated carbocycles. The van der Waals surface area contributed by atoms with Gasteiger partial charge in [0.25, 0.3) is 0 Å². The third-order valence-corrected chi connectivity index (χ3v) is 7.99. The Labute approximate surface area is 210 Å². The minimum atomic E-state index is -5.18. The maximum Gasteiger partial charge on any atom is 0.471 e. The minimum absolute atomic E-state index is 0.121. The van der Waals surface area contributed by atoms with E-state index in [4.69, 9.17) is 0 Å². The van der Waals surface area contributed by atoms with Gasteiger partial charge in [-0.25, -0.2) is 0 Å². The summed E-state index contributed by atoms with van der Waals surface area (Å²) in [7, 11) is -2.00. The van der Waals surface area contributed by atoms with Crippen LogP contribution in [0.5, 0.6) is 0 Å². The molecule has 0 bridgehead atoms. The zero-order chi connectivity index (χ0) is 27.7. The SMILES string of the molecule is CC(C)(C)C(NC(=O)C(F)(F)F)C(=O)NC(C[Si](C)(C)C)C(=O)NC(C#N)CC1CC2(CC2)NC1=O. The molecule has 4 amide bonds. The summed E-state index contributed by atoms with van der Waals surface area (Å²) in [5.74, 6) is -4.41. The van der Waals surface area contributed by atoms with Crippen molar-refractivity contribution in [2.24, 2.45) is 11.3 Å². The number of carbonyl (C=O) groups excluding carboxylic acids is 4. The molecule has 2 rings (SSSR count). The number of amides is 4. The van der Waals surface area contributed by atoms with Gasteiger partial charge in [0.15, 0.2) is 0 Å². The van der Waals surface area contributed by atoms with E-state index in [0.29, 0.717) is 6.42 Å². The van der Waals surface area contributed by atoms with E-state index in [1.165, 1.54) is 20.8 Å². The van der Waals surface area contributed by atoms with E-state index in [0.717, 1.165) is 12.8 Å². The lowest BCUT2D eigenvalue weighted by Crippen LogP contribution is -2.60. The molecular formula is C23H36F3N5O4Si. The molecule has 4 unspecified atom stereocenters. The van der Waals surface area contributed by atoms with Crippen LogP contribution in [0.2, 0.25) is 25.7 Å². The second kappa shape index (κ2) is 10.4. The van der Waals surface area contributed by atoms with Crippen molar-refractivity contribution in [3.8, 4) is 6.07 Å². The first-order valence-electron chi connectivity index (χ1n) is 12.0. The molecule has 1 spiro atoms. The summed E-state index contributed by atoms with van der Waals surface area (Å²) in [5.41, 5.74) is -1.27. The van der Waals surface area contributed by atoms with Crippen LogP contribution in [0.1, 0.15) is 46.5 Å². The lowest BCUT2D eigenvalue weighted by atomic mass is 9.86. The Bertz CT molecular complexity index is 932. The van der Waals surface area contributed by atoms with Crippen LogP contribution in [0.4, 0.5) is 13.2 Å². The van der Waals surface area contributed by atoms with Crippen LogP contribution in [0.25, 0.3) is 0 Å². The highest BCUT2D eigenvalue weighted by Crippen LogP contribution is 2.46. The molecule has 1 aliphatic heterocycles. The summed E-state index contributed by atoms with van der Waals surface area (Å²) in [4.78, 5) is 50.0. The van der Waals surface area contributed by atoms with E-state index in [-0.39, 0.29) is 23.9 Å². The van der Waals surface area contributed by atoms with Gasteiger partial charge in [0.05, 0.1) is 6.07 Å². The van der Waals surface area contributed by atoms with Gasteiger partial charge in [-0.1, -0.05) is 40.4 Å². The van der Waals surface area contributed by atoms with Crippen molar-refractivity contribution >= 4 is 31.7 Å². The van der Waals surface area contributed by atoms with Gasteiger partial charge >= 0.3 is 12.1 Å². The zero-order valence-electron chi connectivity index (χ0n) is 21.6.